The molecule has 3 heteroatoms. The van der Waals surface area contributed by atoms with Crippen LogP contribution in [0.2, 0.25) is 0 Å². The van der Waals surface area contributed by atoms with Crippen molar-refractivity contribution >= 4 is 11.4 Å². The van der Waals surface area contributed by atoms with Gasteiger partial charge in [0, 0.05) is 35.5 Å². The van der Waals surface area contributed by atoms with E-state index in [0.717, 1.165) is 18.2 Å². The van der Waals surface area contributed by atoms with Crippen LogP contribution in [0.5, 0.6) is 0 Å². The van der Waals surface area contributed by atoms with Crippen LogP contribution in [0.25, 0.3) is 0 Å². The zero-order valence-corrected chi connectivity index (χ0v) is 12.7. The third-order valence-electron chi connectivity index (χ3n) is 5.73. The molecular weight excluding hydrogens is 260 g/mol. The van der Waals surface area contributed by atoms with Crippen molar-refractivity contribution in [3.05, 3.63) is 23.8 Å². The first kappa shape index (κ1) is 13.4. The summed E-state index contributed by atoms with van der Waals surface area (Å²) in [6.07, 6.45) is 9.62. The monoisotopic (exact) mass is 286 g/mol. The van der Waals surface area contributed by atoms with Gasteiger partial charge < -0.3 is 15.8 Å². The minimum absolute atomic E-state index is 0.211. The van der Waals surface area contributed by atoms with Crippen molar-refractivity contribution in [2.24, 2.45) is 11.8 Å². The number of nitrogen functional groups attached to an aromatic ring is 1. The highest BCUT2D eigenvalue weighted by atomic mass is 16.5. The van der Waals surface area contributed by atoms with Crippen molar-refractivity contribution in [3.63, 3.8) is 0 Å². The Bertz CT molecular complexity index is 510. The van der Waals surface area contributed by atoms with Gasteiger partial charge in [-0.3, -0.25) is 0 Å². The molecule has 4 rings (SSSR count). The van der Waals surface area contributed by atoms with Gasteiger partial charge >= 0.3 is 0 Å². The summed E-state index contributed by atoms with van der Waals surface area (Å²) in [7, 11) is 0. The van der Waals surface area contributed by atoms with Crippen LogP contribution in [0, 0.1) is 11.8 Å². The first-order chi connectivity index (χ1) is 10.3. The lowest BCUT2D eigenvalue weighted by molar-refractivity contribution is -0.0453. The average Bonchev–Trinajstić information content (AvgIpc) is 2.55. The molecule has 1 aliphatic carbocycles. The smallest absolute Gasteiger partial charge is 0.0912 e. The number of rotatable bonds is 1. The maximum Gasteiger partial charge on any atom is 0.0912 e. The minimum atomic E-state index is 0.211. The highest BCUT2D eigenvalue weighted by molar-refractivity contribution is 5.67. The zero-order valence-electron chi connectivity index (χ0n) is 12.7. The van der Waals surface area contributed by atoms with Gasteiger partial charge in [-0.25, -0.2) is 0 Å². The summed E-state index contributed by atoms with van der Waals surface area (Å²) in [5.74, 6) is 1.40. The van der Waals surface area contributed by atoms with Gasteiger partial charge in [-0.2, -0.15) is 0 Å². The molecule has 114 valence electrons. The number of fused-ring (bicyclic) bond motifs is 3. The summed E-state index contributed by atoms with van der Waals surface area (Å²) >= 11 is 0. The predicted octanol–water partition coefficient (Wildman–Crippen LogP) is 4.11. The van der Waals surface area contributed by atoms with Crippen LogP contribution in [0.3, 0.4) is 0 Å². The van der Waals surface area contributed by atoms with E-state index in [0.29, 0.717) is 12.0 Å². The Balaban J connectivity index is 1.70. The van der Waals surface area contributed by atoms with E-state index in [2.05, 4.69) is 17.4 Å². The minimum Gasteiger partial charge on any atom is -0.398 e. The van der Waals surface area contributed by atoms with E-state index < -0.39 is 0 Å². The summed E-state index contributed by atoms with van der Waals surface area (Å²) < 4.78 is 6.19. The quantitative estimate of drug-likeness (QED) is 0.764. The number of hydrogen-bond acceptors (Lipinski definition) is 3. The summed E-state index contributed by atoms with van der Waals surface area (Å²) in [6, 6.07) is 6.82. The van der Waals surface area contributed by atoms with E-state index in [-0.39, 0.29) is 6.10 Å². The van der Waals surface area contributed by atoms with Crippen LogP contribution in [-0.2, 0) is 4.74 Å². The van der Waals surface area contributed by atoms with E-state index in [1.165, 1.54) is 56.2 Å². The normalized spacial score (nSPS) is 32.9. The molecular formula is C18H26N2O. The fraction of sp³-hybridized carbons (Fsp3) is 0.667. The van der Waals surface area contributed by atoms with Crippen LogP contribution >= 0.6 is 0 Å². The van der Waals surface area contributed by atoms with E-state index in [1.54, 1.807) is 0 Å². The van der Waals surface area contributed by atoms with Crippen molar-refractivity contribution in [3.8, 4) is 0 Å². The Labute approximate surface area is 127 Å². The van der Waals surface area contributed by atoms with Crippen molar-refractivity contribution in [1.82, 2.24) is 0 Å². The van der Waals surface area contributed by atoms with Gasteiger partial charge in [-0.05, 0) is 43.7 Å². The fourth-order valence-corrected chi connectivity index (χ4v) is 4.74. The SMILES string of the molecule is Nc1cccc2c1[C@H]1OCCC[C@H]1[C@@H](C1CCCCC1)N2. The van der Waals surface area contributed by atoms with E-state index >= 15 is 0 Å². The molecule has 3 nitrogen and oxygen atoms in total. The summed E-state index contributed by atoms with van der Waals surface area (Å²) in [4.78, 5) is 0. The predicted molar refractivity (Wildman–Crippen MR) is 86.3 cm³/mol. The summed E-state index contributed by atoms with van der Waals surface area (Å²) in [5.41, 5.74) is 9.57. The van der Waals surface area contributed by atoms with Crippen molar-refractivity contribution in [2.75, 3.05) is 17.7 Å². The van der Waals surface area contributed by atoms with Crippen molar-refractivity contribution in [1.29, 1.82) is 0 Å². The summed E-state index contributed by atoms with van der Waals surface area (Å²) in [5, 5.41) is 3.85. The maximum atomic E-state index is 6.25. The zero-order chi connectivity index (χ0) is 14.2. The van der Waals surface area contributed by atoms with Crippen molar-refractivity contribution < 1.29 is 4.74 Å². The topological polar surface area (TPSA) is 47.3 Å². The van der Waals surface area contributed by atoms with E-state index in [9.17, 15) is 0 Å². The molecule has 1 saturated carbocycles. The number of ether oxygens (including phenoxy) is 1. The van der Waals surface area contributed by atoms with E-state index in [1.807, 2.05) is 6.07 Å². The van der Waals surface area contributed by atoms with Gasteiger partial charge in [-0.15, -0.1) is 0 Å². The molecule has 0 spiro atoms. The van der Waals surface area contributed by atoms with Gasteiger partial charge in [0.25, 0.3) is 0 Å². The Kier molecular flexibility index (Phi) is 3.54. The Morgan fingerprint density at radius 1 is 1.05 bits per heavy atom. The third-order valence-corrected chi connectivity index (χ3v) is 5.73. The van der Waals surface area contributed by atoms with E-state index in [4.69, 9.17) is 10.5 Å². The van der Waals surface area contributed by atoms with Crippen LogP contribution in [-0.4, -0.2) is 12.6 Å². The Hall–Kier alpha value is -1.22. The van der Waals surface area contributed by atoms with Crippen LogP contribution in [0.15, 0.2) is 18.2 Å². The molecule has 1 aromatic rings. The number of anilines is 2. The lowest BCUT2D eigenvalue weighted by atomic mass is 9.71. The second kappa shape index (κ2) is 5.53. The number of hydrogen-bond donors (Lipinski definition) is 2. The molecule has 3 aliphatic rings. The molecule has 0 bridgehead atoms. The van der Waals surface area contributed by atoms with Gasteiger partial charge in [0.2, 0.25) is 0 Å². The third kappa shape index (κ3) is 2.32. The lowest BCUT2D eigenvalue weighted by Gasteiger charge is -2.47. The molecule has 1 saturated heterocycles. The Morgan fingerprint density at radius 3 is 2.76 bits per heavy atom. The van der Waals surface area contributed by atoms with Crippen molar-refractivity contribution in [2.45, 2.75) is 57.1 Å². The molecule has 0 radical (unpaired) electrons. The van der Waals surface area contributed by atoms with Gasteiger partial charge in [0.15, 0.2) is 0 Å². The average molecular weight is 286 g/mol. The number of nitrogens with one attached hydrogen (secondary N) is 1. The Morgan fingerprint density at radius 2 is 1.90 bits per heavy atom. The van der Waals surface area contributed by atoms with Gasteiger partial charge in [-0.1, -0.05) is 25.3 Å². The van der Waals surface area contributed by atoms with Crippen LogP contribution in [0.1, 0.15) is 56.6 Å². The lowest BCUT2D eigenvalue weighted by Crippen LogP contribution is -2.46. The molecule has 2 aliphatic heterocycles. The number of nitrogens with two attached hydrogens (primary N) is 1. The molecule has 0 amide bonds. The molecule has 2 fully saturated rings. The molecule has 0 unspecified atom stereocenters. The molecule has 1 aromatic carbocycles. The fourth-order valence-electron chi connectivity index (χ4n) is 4.74. The molecule has 21 heavy (non-hydrogen) atoms. The van der Waals surface area contributed by atoms with Gasteiger partial charge in [0.05, 0.1) is 6.10 Å². The molecule has 3 N–H and O–H groups in total. The first-order valence-corrected chi connectivity index (χ1v) is 8.61. The van der Waals surface area contributed by atoms with Crippen LogP contribution in [0.4, 0.5) is 11.4 Å². The standard InChI is InChI=1S/C18H26N2O/c19-14-9-4-10-15-16(14)18-13(8-5-11-21-18)17(20-15)12-6-2-1-3-7-12/h4,9-10,12-13,17-18,20H,1-3,5-8,11,19H2/t13-,17+,18-/m0/s1. The maximum absolute atomic E-state index is 6.25. The highest BCUT2D eigenvalue weighted by Crippen LogP contribution is 2.49. The highest BCUT2D eigenvalue weighted by Gasteiger charge is 2.43. The second-order valence-corrected chi connectivity index (χ2v) is 6.97. The molecule has 3 atom stereocenters. The molecule has 0 aromatic heterocycles. The number of benzene rings is 1. The van der Waals surface area contributed by atoms with Crippen LogP contribution < -0.4 is 11.1 Å². The van der Waals surface area contributed by atoms with Gasteiger partial charge in [0.1, 0.15) is 0 Å². The first-order valence-electron chi connectivity index (χ1n) is 8.61. The molecule has 2 heterocycles. The second-order valence-electron chi connectivity index (χ2n) is 6.97. The summed E-state index contributed by atoms with van der Waals surface area (Å²) in [6.45, 7) is 0.881. The largest absolute Gasteiger partial charge is 0.398 e.